The van der Waals surface area contributed by atoms with Gasteiger partial charge in [-0.1, -0.05) is 0 Å². The molecule has 5 nitrogen and oxygen atoms in total. The molecule has 5 heteroatoms. The highest BCUT2D eigenvalue weighted by molar-refractivity contribution is 5.93. The average Bonchev–Trinajstić information content (AvgIpc) is 2.99. The Morgan fingerprint density at radius 1 is 1.59 bits per heavy atom. The summed E-state index contributed by atoms with van der Waals surface area (Å²) in [5.41, 5.74) is 0.571. The van der Waals surface area contributed by atoms with Gasteiger partial charge in [0, 0.05) is 31.4 Å². The molecular formula is C12H13N3O2. The number of aryl methyl sites for hydroxylation is 1. The summed E-state index contributed by atoms with van der Waals surface area (Å²) in [6, 6.07) is 1.83. The molecule has 0 fully saturated rings. The lowest BCUT2D eigenvalue weighted by atomic mass is 10.1. The topological polar surface area (TPSA) is 60.1 Å². The van der Waals surface area contributed by atoms with Gasteiger partial charge in [0.2, 0.25) is 0 Å². The zero-order valence-corrected chi connectivity index (χ0v) is 9.30. The van der Waals surface area contributed by atoms with Crippen LogP contribution in [0.2, 0.25) is 0 Å². The smallest absolute Gasteiger partial charge is 0.254 e. The number of fused-ring (bicyclic) bond motifs is 1. The third-order valence-electron chi connectivity index (χ3n) is 3.05. The van der Waals surface area contributed by atoms with Gasteiger partial charge in [0.1, 0.15) is 12.1 Å². The molecule has 88 valence electrons. The van der Waals surface area contributed by atoms with Gasteiger partial charge in [0.05, 0.1) is 11.8 Å². The number of aromatic nitrogens is 2. The molecule has 0 aromatic carbocycles. The maximum Gasteiger partial charge on any atom is 0.254 e. The SMILES string of the molecule is O=C(NC1CCc2nccn2C1)c1ccoc1. The number of nitrogens with one attached hydrogen (secondary N) is 1. The summed E-state index contributed by atoms with van der Waals surface area (Å²) in [7, 11) is 0. The Bertz CT molecular complexity index is 516. The molecule has 0 spiro atoms. The van der Waals surface area contributed by atoms with E-state index < -0.39 is 0 Å². The number of amides is 1. The average molecular weight is 231 g/mol. The van der Waals surface area contributed by atoms with Crippen LogP contribution in [0.3, 0.4) is 0 Å². The molecule has 1 unspecified atom stereocenters. The van der Waals surface area contributed by atoms with Gasteiger partial charge in [0.25, 0.3) is 5.91 Å². The molecule has 3 heterocycles. The van der Waals surface area contributed by atoms with Crippen LogP contribution in [0.1, 0.15) is 22.6 Å². The van der Waals surface area contributed by atoms with Gasteiger partial charge in [0.15, 0.2) is 0 Å². The van der Waals surface area contributed by atoms with Gasteiger partial charge in [-0.25, -0.2) is 4.98 Å². The number of nitrogens with zero attached hydrogens (tertiary/aromatic N) is 2. The van der Waals surface area contributed by atoms with Crippen LogP contribution in [0.5, 0.6) is 0 Å². The van der Waals surface area contributed by atoms with Crippen molar-refractivity contribution in [2.45, 2.75) is 25.4 Å². The molecule has 0 bridgehead atoms. The molecule has 2 aromatic heterocycles. The van der Waals surface area contributed by atoms with Gasteiger partial charge >= 0.3 is 0 Å². The fraction of sp³-hybridized carbons (Fsp3) is 0.333. The minimum atomic E-state index is -0.0766. The second kappa shape index (κ2) is 4.08. The van der Waals surface area contributed by atoms with Crippen LogP contribution >= 0.6 is 0 Å². The predicted molar refractivity (Wildman–Crippen MR) is 60.5 cm³/mol. The van der Waals surface area contributed by atoms with Crippen molar-refractivity contribution < 1.29 is 9.21 Å². The van der Waals surface area contributed by atoms with Crippen molar-refractivity contribution in [2.75, 3.05) is 0 Å². The first-order valence-corrected chi connectivity index (χ1v) is 5.66. The van der Waals surface area contributed by atoms with E-state index in [4.69, 9.17) is 4.42 Å². The van der Waals surface area contributed by atoms with E-state index in [9.17, 15) is 4.79 Å². The van der Waals surface area contributed by atoms with Gasteiger partial charge in [-0.15, -0.1) is 0 Å². The van der Waals surface area contributed by atoms with Crippen molar-refractivity contribution in [2.24, 2.45) is 0 Å². The highest BCUT2D eigenvalue weighted by Crippen LogP contribution is 2.13. The number of furan rings is 1. The molecule has 17 heavy (non-hydrogen) atoms. The molecule has 0 saturated heterocycles. The van der Waals surface area contributed by atoms with E-state index in [0.29, 0.717) is 5.56 Å². The van der Waals surface area contributed by atoms with Crippen molar-refractivity contribution in [3.05, 3.63) is 42.4 Å². The van der Waals surface area contributed by atoms with Crippen molar-refractivity contribution in [3.8, 4) is 0 Å². The maximum atomic E-state index is 11.8. The highest BCUT2D eigenvalue weighted by Gasteiger charge is 2.20. The summed E-state index contributed by atoms with van der Waals surface area (Å²) in [6.07, 6.45) is 8.55. The second-order valence-electron chi connectivity index (χ2n) is 4.22. The lowest BCUT2D eigenvalue weighted by Gasteiger charge is -2.24. The minimum Gasteiger partial charge on any atom is -0.472 e. The summed E-state index contributed by atoms with van der Waals surface area (Å²) >= 11 is 0. The van der Waals surface area contributed by atoms with Gasteiger partial charge in [-0.05, 0) is 12.5 Å². The minimum absolute atomic E-state index is 0.0766. The first-order valence-electron chi connectivity index (χ1n) is 5.66. The van der Waals surface area contributed by atoms with E-state index in [1.165, 1.54) is 12.5 Å². The van der Waals surface area contributed by atoms with E-state index in [0.717, 1.165) is 25.2 Å². The molecule has 3 rings (SSSR count). The molecule has 1 atom stereocenters. The van der Waals surface area contributed by atoms with Gasteiger partial charge in [-0.3, -0.25) is 4.79 Å². The number of imidazole rings is 1. The molecule has 2 aromatic rings. The maximum absolute atomic E-state index is 11.8. The van der Waals surface area contributed by atoms with E-state index in [1.54, 1.807) is 12.3 Å². The van der Waals surface area contributed by atoms with Crippen LogP contribution in [0, 0.1) is 0 Å². The summed E-state index contributed by atoms with van der Waals surface area (Å²) in [4.78, 5) is 16.1. The molecule has 1 aliphatic heterocycles. The second-order valence-corrected chi connectivity index (χ2v) is 4.22. The summed E-state index contributed by atoms with van der Waals surface area (Å²) in [5, 5.41) is 3.00. The standard InChI is InChI=1S/C12H13N3O2/c16-12(9-3-6-17-8-9)14-10-1-2-11-13-4-5-15(11)7-10/h3-6,8,10H,1-2,7H2,(H,14,16). The predicted octanol–water partition coefficient (Wildman–Crippen LogP) is 1.22. The Morgan fingerprint density at radius 3 is 3.35 bits per heavy atom. The van der Waals surface area contributed by atoms with Crippen LogP contribution in [0.4, 0.5) is 0 Å². The van der Waals surface area contributed by atoms with Crippen molar-refractivity contribution in [1.82, 2.24) is 14.9 Å². The zero-order chi connectivity index (χ0) is 11.7. The molecule has 1 amide bonds. The molecule has 1 N–H and O–H groups in total. The first kappa shape index (κ1) is 10.1. The Kier molecular flexibility index (Phi) is 2.44. The van der Waals surface area contributed by atoms with E-state index >= 15 is 0 Å². The zero-order valence-electron chi connectivity index (χ0n) is 9.30. The number of carbonyl (C=O) groups is 1. The number of rotatable bonds is 2. The van der Waals surface area contributed by atoms with E-state index in [2.05, 4.69) is 14.9 Å². The number of hydrogen-bond acceptors (Lipinski definition) is 3. The fourth-order valence-electron chi connectivity index (χ4n) is 2.15. The summed E-state index contributed by atoms with van der Waals surface area (Å²) in [5.74, 6) is 1.02. The molecule has 0 aliphatic carbocycles. The van der Waals surface area contributed by atoms with Crippen LogP contribution in [-0.2, 0) is 13.0 Å². The Labute approximate surface area is 98.5 Å². The lowest BCUT2D eigenvalue weighted by Crippen LogP contribution is -2.40. The van der Waals surface area contributed by atoms with Crippen molar-refractivity contribution >= 4 is 5.91 Å². The summed E-state index contributed by atoms with van der Waals surface area (Å²) < 4.78 is 6.98. The third-order valence-corrected chi connectivity index (χ3v) is 3.05. The number of carbonyl (C=O) groups excluding carboxylic acids is 1. The quantitative estimate of drug-likeness (QED) is 0.845. The van der Waals surface area contributed by atoms with Crippen molar-refractivity contribution in [1.29, 1.82) is 0 Å². The fourth-order valence-corrected chi connectivity index (χ4v) is 2.15. The Balaban J connectivity index is 1.66. The van der Waals surface area contributed by atoms with Crippen molar-refractivity contribution in [3.63, 3.8) is 0 Å². The van der Waals surface area contributed by atoms with E-state index in [-0.39, 0.29) is 11.9 Å². The van der Waals surface area contributed by atoms with Gasteiger partial charge in [-0.2, -0.15) is 0 Å². The first-order chi connectivity index (χ1) is 8.33. The molecule has 0 saturated carbocycles. The van der Waals surface area contributed by atoms with Crippen LogP contribution in [0.25, 0.3) is 0 Å². The molecule has 0 radical (unpaired) electrons. The Morgan fingerprint density at radius 2 is 2.53 bits per heavy atom. The third kappa shape index (κ3) is 1.95. The van der Waals surface area contributed by atoms with Crippen LogP contribution in [0.15, 0.2) is 35.4 Å². The van der Waals surface area contributed by atoms with Crippen LogP contribution in [-0.4, -0.2) is 21.5 Å². The Hall–Kier alpha value is -2.04. The summed E-state index contributed by atoms with van der Waals surface area (Å²) in [6.45, 7) is 0.791. The molecule has 1 aliphatic rings. The van der Waals surface area contributed by atoms with E-state index in [1.807, 2.05) is 6.20 Å². The number of hydrogen-bond donors (Lipinski definition) is 1. The highest BCUT2D eigenvalue weighted by atomic mass is 16.3. The normalized spacial score (nSPS) is 18.7. The molecular weight excluding hydrogens is 218 g/mol. The van der Waals surface area contributed by atoms with Crippen LogP contribution < -0.4 is 5.32 Å². The monoisotopic (exact) mass is 231 g/mol. The lowest BCUT2D eigenvalue weighted by molar-refractivity contribution is 0.0927. The largest absolute Gasteiger partial charge is 0.472 e. The van der Waals surface area contributed by atoms with Gasteiger partial charge < -0.3 is 14.3 Å².